The second-order valence-electron chi connectivity index (χ2n) is 8.90. The first-order valence-corrected chi connectivity index (χ1v) is 12.5. The van der Waals surface area contributed by atoms with Crippen LogP contribution in [0.15, 0.2) is 82.2 Å². The third-order valence-corrected chi connectivity index (χ3v) is 6.64. The fourth-order valence-electron chi connectivity index (χ4n) is 4.81. The highest BCUT2D eigenvalue weighted by Gasteiger charge is 2.31. The minimum atomic E-state index is -0.742. The van der Waals surface area contributed by atoms with Crippen LogP contribution in [-0.4, -0.2) is 59.9 Å². The largest absolute Gasteiger partial charge is 0.462 e. The fourth-order valence-corrected chi connectivity index (χ4v) is 4.81. The lowest BCUT2D eigenvalue weighted by Gasteiger charge is -2.37. The van der Waals surface area contributed by atoms with Crippen LogP contribution >= 0.6 is 0 Å². The molecule has 2 aromatic carbocycles. The molecule has 1 aliphatic heterocycles. The third-order valence-electron chi connectivity index (χ3n) is 6.64. The molecule has 1 saturated heterocycles. The van der Waals surface area contributed by atoms with E-state index in [0.29, 0.717) is 48.3 Å². The number of piperazine rings is 1. The Morgan fingerprint density at radius 3 is 2.29 bits per heavy atom. The zero-order chi connectivity index (χ0) is 26.6. The molecule has 0 aliphatic carbocycles. The summed E-state index contributed by atoms with van der Waals surface area (Å²) in [6.45, 7) is 3.11. The lowest BCUT2D eigenvalue weighted by atomic mass is 10.0. The van der Waals surface area contributed by atoms with Crippen LogP contribution in [0.1, 0.15) is 38.2 Å². The molecule has 38 heavy (non-hydrogen) atoms. The van der Waals surface area contributed by atoms with Crippen molar-refractivity contribution < 1.29 is 23.5 Å². The van der Waals surface area contributed by atoms with Gasteiger partial charge in [-0.15, -0.1) is 0 Å². The summed E-state index contributed by atoms with van der Waals surface area (Å²) in [5.41, 5.74) is 0.770. The van der Waals surface area contributed by atoms with Crippen LogP contribution in [0.2, 0.25) is 0 Å². The predicted molar refractivity (Wildman–Crippen MR) is 142 cm³/mol. The smallest absolute Gasteiger partial charge is 0.345 e. The second kappa shape index (κ2) is 10.8. The molecule has 5 rings (SSSR count). The molecular formula is C29H27N3O6. The first-order chi connectivity index (χ1) is 18.5. The number of fused-ring (bicyclic) bond motifs is 1. The molecule has 4 aromatic rings. The number of nitrogens with zero attached hydrogens (tertiary/aromatic N) is 3. The Bertz CT molecular complexity index is 1530. The number of furan rings is 1. The van der Waals surface area contributed by atoms with E-state index in [9.17, 15) is 19.2 Å². The van der Waals surface area contributed by atoms with Crippen molar-refractivity contribution in [2.75, 3.05) is 37.7 Å². The van der Waals surface area contributed by atoms with Gasteiger partial charge in [0.2, 0.25) is 0 Å². The Morgan fingerprint density at radius 1 is 0.895 bits per heavy atom. The Balaban J connectivity index is 1.56. The number of rotatable bonds is 7. The van der Waals surface area contributed by atoms with Gasteiger partial charge in [-0.05, 0) is 25.1 Å². The Hall–Kier alpha value is -4.66. The summed E-state index contributed by atoms with van der Waals surface area (Å²) in [5.74, 6) is -0.930. The number of para-hydroxylation sites is 1. The summed E-state index contributed by atoms with van der Waals surface area (Å²) in [6, 6.07) is 19.2. The van der Waals surface area contributed by atoms with Gasteiger partial charge in [-0.1, -0.05) is 48.5 Å². The molecule has 0 radical (unpaired) electrons. The van der Waals surface area contributed by atoms with Gasteiger partial charge in [-0.25, -0.2) is 4.79 Å². The SMILES string of the molecule is CCOC(=O)c1c(N2CCN(C(=O)c3ccco3)CC2)c2ccccc2n(CC(=O)c2ccccc2)c1=O. The fraction of sp³-hybridized carbons (Fsp3) is 0.241. The number of ether oxygens (including phenoxy) is 1. The van der Waals surface area contributed by atoms with E-state index in [1.165, 1.54) is 10.8 Å². The van der Waals surface area contributed by atoms with Gasteiger partial charge in [0.15, 0.2) is 11.5 Å². The van der Waals surface area contributed by atoms with E-state index in [0.717, 1.165) is 0 Å². The number of hydrogen-bond acceptors (Lipinski definition) is 7. The summed E-state index contributed by atoms with van der Waals surface area (Å²) in [5, 5.41) is 0.654. The minimum absolute atomic E-state index is 0.0961. The maximum absolute atomic E-state index is 13.9. The maximum Gasteiger partial charge on any atom is 0.345 e. The van der Waals surface area contributed by atoms with Gasteiger partial charge in [-0.3, -0.25) is 19.0 Å². The monoisotopic (exact) mass is 513 g/mol. The van der Waals surface area contributed by atoms with E-state index in [4.69, 9.17) is 9.15 Å². The summed E-state index contributed by atoms with van der Waals surface area (Å²) in [7, 11) is 0. The van der Waals surface area contributed by atoms with Crippen molar-refractivity contribution in [1.29, 1.82) is 0 Å². The number of anilines is 1. The van der Waals surface area contributed by atoms with Gasteiger partial charge in [0.05, 0.1) is 30.6 Å². The van der Waals surface area contributed by atoms with Crippen LogP contribution in [0.3, 0.4) is 0 Å². The van der Waals surface area contributed by atoms with E-state index in [2.05, 4.69) is 0 Å². The predicted octanol–water partition coefficient (Wildman–Crippen LogP) is 3.62. The van der Waals surface area contributed by atoms with Gasteiger partial charge in [0.25, 0.3) is 11.5 Å². The van der Waals surface area contributed by atoms with Gasteiger partial charge < -0.3 is 19.0 Å². The molecule has 9 heteroatoms. The number of carbonyl (C=O) groups is 3. The highest BCUT2D eigenvalue weighted by Crippen LogP contribution is 2.31. The molecule has 0 N–H and O–H groups in total. The lowest BCUT2D eigenvalue weighted by molar-refractivity contribution is 0.0522. The van der Waals surface area contributed by atoms with Crippen molar-refractivity contribution >= 4 is 34.3 Å². The summed E-state index contributed by atoms with van der Waals surface area (Å²) >= 11 is 0. The molecule has 2 aromatic heterocycles. The van der Waals surface area contributed by atoms with Gasteiger partial charge in [-0.2, -0.15) is 0 Å². The molecule has 1 amide bonds. The van der Waals surface area contributed by atoms with Crippen LogP contribution in [-0.2, 0) is 11.3 Å². The lowest BCUT2D eigenvalue weighted by Crippen LogP contribution is -2.49. The summed E-state index contributed by atoms with van der Waals surface area (Å²) in [6.07, 6.45) is 1.46. The first kappa shape index (κ1) is 25.0. The number of amides is 1. The molecule has 194 valence electrons. The second-order valence-corrected chi connectivity index (χ2v) is 8.90. The van der Waals surface area contributed by atoms with Crippen molar-refractivity contribution in [3.8, 4) is 0 Å². The van der Waals surface area contributed by atoms with Crippen molar-refractivity contribution in [1.82, 2.24) is 9.47 Å². The molecule has 3 heterocycles. The quantitative estimate of drug-likeness (QED) is 0.275. The first-order valence-electron chi connectivity index (χ1n) is 12.5. The number of Topliss-reactive ketones (excluding diaryl/α,β-unsaturated/α-hetero) is 1. The Labute approximate surface area is 218 Å². The van der Waals surface area contributed by atoms with E-state index in [1.807, 2.05) is 23.1 Å². The standard InChI is InChI=1S/C29H27N3O6/c1-2-37-29(36)25-26(30-14-16-31(17-15-30)27(34)24-13-8-18-38-24)21-11-6-7-12-22(21)32(28(25)35)19-23(33)20-9-4-3-5-10-20/h3-13,18H,2,14-17,19H2,1H3. The summed E-state index contributed by atoms with van der Waals surface area (Å²) < 4.78 is 11.9. The van der Waals surface area contributed by atoms with Crippen molar-refractivity contribution in [3.05, 3.63) is 100 Å². The number of benzene rings is 2. The average molecular weight is 514 g/mol. The highest BCUT2D eigenvalue weighted by atomic mass is 16.5. The van der Waals surface area contributed by atoms with Crippen LogP contribution < -0.4 is 10.5 Å². The van der Waals surface area contributed by atoms with Crippen molar-refractivity contribution in [2.24, 2.45) is 0 Å². The van der Waals surface area contributed by atoms with Crippen LogP contribution in [0.25, 0.3) is 10.9 Å². The van der Waals surface area contributed by atoms with Crippen LogP contribution in [0, 0.1) is 0 Å². The maximum atomic E-state index is 13.9. The Morgan fingerprint density at radius 2 is 1.61 bits per heavy atom. The number of aromatic nitrogens is 1. The van der Waals surface area contributed by atoms with E-state index in [1.54, 1.807) is 60.4 Å². The Kier molecular flexibility index (Phi) is 7.08. The van der Waals surface area contributed by atoms with E-state index < -0.39 is 11.5 Å². The molecule has 1 aliphatic rings. The van der Waals surface area contributed by atoms with Gasteiger partial charge >= 0.3 is 5.97 Å². The number of ketones is 1. The van der Waals surface area contributed by atoms with Gasteiger partial charge in [0.1, 0.15) is 5.56 Å². The summed E-state index contributed by atoms with van der Waals surface area (Å²) in [4.78, 5) is 56.5. The molecular weight excluding hydrogens is 486 g/mol. The number of esters is 1. The van der Waals surface area contributed by atoms with Crippen molar-refractivity contribution in [2.45, 2.75) is 13.5 Å². The molecule has 0 spiro atoms. The third kappa shape index (κ3) is 4.70. The van der Waals surface area contributed by atoms with Crippen LogP contribution in [0.5, 0.6) is 0 Å². The minimum Gasteiger partial charge on any atom is -0.462 e. The number of pyridine rings is 1. The normalized spacial score (nSPS) is 13.5. The van der Waals surface area contributed by atoms with E-state index >= 15 is 0 Å². The van der Waals surface area contributed by atoms with E-state index in [-0.39, 0.29) is 36.2 Å². The average Bonchev–Trinajstić information content (AvgIpc) is 3.49. The number of carbonyl (C=O) groups excluding carboxylic acids is 3. The van der Waals surface area contributed by atoms with Gasteiger partial charge in [0, 0.05) is 37.1 Å². The molecule has 0 unspecified atom stereocenters. The molecule has 0 atom stereocenters. The molecule has 1 fully saturated rings. The topological polar surface area (TPSA) is 102 Å². The molecule has 9 nitrogen and oxygen atoms in total. The molecule has 0 saturated carbocycles. The van der Waals surface area contributed by atoms with Crippen LogP contribution in [0.4, 0.5) is 5.69 Å². The van der Waals surface area contributed by atoms with Crippen molar-refractivity contribution in [3.63, 3.8) is 0 Å². The number of hydrogen-bond donors (Lipinski definition) is 0. The zero-order valence-electron chi connectivity index (χ0n) is 21.0. The molecule has 0 bridgehead atoms. The highest BCUT2D eigenvalue weighted by molar-refractivity contribution is 6.06. The zero-order valence-corrected chi connectivity index (χ0v) is 21.0.